The van der Waals surface area contributed by atoms with Crippen LogP contribution in [0.5, 0.6) is 5.75 Å². The van der Waals surface area contributed by atoms with Crippen molar-refractivity contribution in [3.8, 4) is 5.75 Å². The molecule has 8 heteroatoms. The Morgan fingerprint density at radius 3 is 2.62 bits per heavy atom. The minimum Gasteiger partial charge on any atom is -0.497 e. The van der Waals surface area contributed by atoms with E-state index in [4.69, 9.17) is 16.3 Å². The van der Waals surface area contributed by atoms with Crippen LogP contribution < -0.4 is 16.3 Å². The number of hydrogen-bond donors (Lipinski definition) is 2. The quantitative estimate of drug-likeness (QED) is 0.596. The third kappa shape index (κ3) is 3.66. The summed E-state index contributed by atoms with van der Waals surface area (Å²) in [7, 11) is 1.62. The van der Waals surface area contributed by atoms with Crippen LogP contribution in [-0.4, -0.2) is 33.1 Å². The number of nitrogens with two attached hydrogens (primary N) is 2. The molecule has 2 rings (SSSR count). The van der Waals surface area contributed by atoms with E-state index < -0.39 is 11.2 Å². The summed E-state index contributed by atoms with van der Waals surface area (Å²) in [6, 6.07) is 7.62. The van der Waals surface area contributed by atoms with Gasteiger partial charge in [-0.15, -0.1) is 10.2 Å². The van der Waals surface area contributed by atoms with E-state index in [1.807, 2.05) is 24.3 Å². The van der Waals surface area contributed by atoms with E-state index in [0.29, 0.717) is 17.4 Å². The Morgan fingerprint density at radius 2 is 2.05 bits per heavy atom. The van der Waals surface area contributed by atoms with E-state index in [9.17, 15) is 4.79 Å². The van der Waals surface area contributed by atoms with Crippen LogP contribution in [0, 0.1) is 0 Å². The molecule has 0 radical (unpaired) electrons. The van der Waals surface area contributed by atoms with Crippen molar-refractivity contribution in [2.45, 2.75) is 23.8 Å². The summed E-state index contributed by atoms with van der Waals surface area (Å²) < 4.78 is 6.49. The fraction of sp³-hybridized carbons (Fsp3) is 0.308. The predicted octanol–water partition coefficient (Wildman–Crippen LogP) is 0.557. The molecular formula is C13H17N5O2S. The van der Waals surface area contributed by atoms with Crippen LogP contribution in [0.1, 0.15) is 18.3 Å². The van der Waals surface area contributed by atoms with E-state index in [1.54, 1.807) is 14.0 Å². The number of carbonyl (C=O) groups is 1. The van der Waals surface area contributed by atoms with Crippen LogP contribution in [0.15, 0.2) is 29.4 Å². The standard InChI is InChI=1S/C13H17N5O2S/c1-8(12(14)19)21-13-17-16-11(18(13)15)7-9-3-5-10(20-2)6-4-9/h3-6,8H,7,15H2,1-2H3,(H2,14,19)/t8-/m0/s1. The van der Waals surface area contributed by atoms with Gasteiger partial charge in [-0.05, 0) is 24.6 Å². The molecule has 1 heterocycles. The zero-order chi connectivity index (χ0) is 15.4. The molecule has 0 bridgehead atoms. The summed E-state index contributed by atoms with van der Waals surface area (Å²) in [6.07, 6.45) is 0.541. The lowest BCUT2D eigenvalue weighted by atomic mass is 10.1. The molecule has 0 spiro atoms. The number of thioether (sulfide) groups is 1. The Balaban J connectivity index is 2.10. The number of benzene rings is 1. The molecule has 0 aliphatic carbocycles. The summed E-state index contributed by atoms with van der Waals surface area (Å²) in [5.41, 5.74) is 6.26. The molecule has 1 amide bonds. The highest BCUT2D eigenvalue weighted by Gasteiger charge is 2.17. The van der Waals surface area contributed by atoms with E-state index in [2.05, 4.69) is 10.2 Å². The van der Waals surface area contributed by atoms with Crippen LogP contribution in [0.2, 0.25) is 0 Å². The molecule has 1 atom stereocenters. The summed E-state index contributed by atoms with van der Waals surface area (Å²) in [5.74, 6) is 6.93. The van der Waals surface area contributed by atoms with E-state index in [0.717, 1.165) is 11.3 Å². The maximum absolute atomic E-state index is 11.1. The first kappa shape index (κ1) is 15.2. The van der Waals surface area contributed by atoms with Crippen LogP contribution in [0.25, 0.3) is 0 Å². The first-order valence-corrected chi connectivity index (χ1v) is 7.17. The average molecular weight is 307 g/mol. The van der Waals surface area contributed by atoms with Crippen molar-refractivity contribution in [3.63, 3.8) is 0 Å². The Kier molecular flexibility index (Phi) is 4.69. The highest BCUT2D eigenvalue weighted by atomic mass is 32.2. The number of nitrogens with zero attached hydrogens (tertiary/aromatic N) is 3. The molecule has 4 N–H and O–H groups in total. The van der Waals surface area contributed by atoms with Gasteiger partial charge in [0.15, 0.2) is 5.82 Å². The zero-order valence-corrected chi connectivity index (χ0v) is 12.6. The molecule has 112 valence electrons. The Morgan fingerprint density at radius 1 is 1.38 bits per heavy atom. The summed E-state index contributed by atoms with van der Waals surface area (Å²) in [5, 5.41) is 8.09. The molecular weight excluding hydrogens is 290 g/mol. The number of rotatable bonds is 6. The second-order valence-corrected chi connectivity index (χ2v) is 5.76. The van der Waals surface area contributed by atoms with Crippen LogP contribution >= 0.6 is 11.8 Å². The number of aromatic nitrogens is 3. The molecule has 2 aromatic rings. The zero-order valence-electron chi connectivity index (χ0n) is 11.8. The number of ether oxygens (including phenoxy) is 1. The maximum atomic E-state index is 11.1. The first-order chi connectivity index (χ1) is 10.0. The van der Waals surface area contributed by atoms with Crippen molar-refractivity contribution in [1.82, 2.24) is 14.9 Å². The minimum absolute atomic E-state index is 0.412. The number of methoxy groups -OCH3 is 1. The lowest BCUT2D eigenvalue weighted by Crippen LogP contribution is -2.24. The third-order valence-corrected chi connectivity index (χ3v) is 4.01. The van der Waals surface area contributed by atoms with Crippen molar-refractivity contribution in [2.24, 2.45) is 5.73 Å². The van der Waals surface area contributed by atoms with E-state index in [-0.39, 0.29) is 0 Å². The fourth-order valence-electron chi connectivity index (χ4n) is 1.65. The van der Waals surface area contributed by atoms with Gasteiger partial charge in [-0.2, -0.15) is 0 Å². The second kappa shape index (κ2) is 6.49. The van der Waals surface area contributed by atoms with Gasteiger partial charge in [-0.3, -0.25) is 4.79 Å². The second-order valence-electron chi connectivity index (χ2n) is 4.46. The first-order valence-electron chi connectivity index (χ1n) is 6.29. The van der Waals surface area contributed by atoms with Gasteiger partial charge in [0.25, 0.3) is 0 Å². The molecule has 0 saturated carbocycles. The van der Waals surface area contributed by atoms with Crippen molar-refractivity contribution in [3.05, 3.63) is 35.7 Å². The molecule has 7 nitrogen and oxygen atoms in total. The van der Waals surface area contributed by atoms with E-state index in [1.165, 1.54) is 16.4 Å². The number of hydrogen-bond acceptors (Lipinski definition) is 6. The summed E-state index contributed by atoms with van der Waals surface area (Å²) >= 11 is 1.19. The normalized spacial score (nSPS) is 12.1. The average Bonchev–Trinajstić information content (AvgIpc) is 2.81. The number of nitrogen functional groups attached to an aromatic ring is 1. The molecule has 0 aliphatic heterocycles. The van der Waals surface area contributed by atoms with Gasteiger partial charge >= 0.3 is 0 Å². The number of carbonyl (C=O) groups excluding carboxylic acids is 1. The van der Waals surface area contributed by atoms with Crippen molar-refractivity contribution in [2.75, 3.05) is 13.0 Å². The van der Waals surface area contributed by atoms with Crippen LogP contribution in [0.4, 0.5) is 0 Å². The molecule has 0 aliphatic rings. The van der Waals surface area contributed by atoms with Gasteiger partial charge in [0, 0.05) is 6.42 Å². The maximum Gasteiger partial charge on any atom is 0.230 e. The van der Waals surface area contributed by atoms with Crippen LogP contribution in [-0.2, 0) is 11.2 Å². The lowest BCUT2D eigenvalue weighted by molar-refractivity contribution is -0.117. The van der Waals surface area contributed by atoms with Crippen molar-refractivity contribution < 1.29 is 9.53 Å². The van der Waals surface area contributed by atoms with Crippen LogP contribution in [0.3, 0.4) is 0 Å². The summed E-state index contributed by atoms with van der Waals surface area (Å²) in [6.45, 7) is 1.70. The molecule has 0 saturated heterocycles. The summed E-state index contributed by atoms with van der Waals surface area (Å²) in [4.78, 5) is 11.1. The van der Waals surface area contributed by atoms with Gasteiger partial charge in [-0.1, -0.05) is 23.9 Å². The van der Waals surface area contributed by atoms with Gasteiger partial charge in [0.1, 0.15) is 5.75 Å². The van der Waals surface area contributed by atoms with Gasteiger partial charge in [0.2, 0.25) is 11.1 Å². The monoisotopic (exact) mass is 307 g/mol. The predicted molar refractivity (Wildman–Crippen MR) is 80.5 cm³/mol. The fourth-order valence-corrected chi connectivity index (χ4v) is 2.39. The number of amides is 1. The molecule has 1 aromatic heterocycles. The van der Waals surface area contributed by atoms with Gasteiger partial charge < -0.3 is 16.3 Å². The Bertz CT molecular complexity index is 626. The Labute approximate surface area is 126 Å². The topological polar surface area (TPSA) is 109 Å². The highest BCUT2D eigenvalue weighted by molar-refractivity contribution is 8.00. The van der Waals surface area contributed by atoms with Crippen molar-refractivity contribution >= 4 is 17.7 Å². The lowest BCUT2D eigenvalue weighted by Gasteiger charge is -2.07. The van der Waals surface area contributed by atoms with Gasteiger partial charge in [0.05, 0.1) is 12.4 Å². The molecule has 21 heavy (non-hydrogen) atoms. The molecule has 0 unspecified atom stereocenters. The minimum atomic E-state index is -0.417. The van der Waals surface area contributed by atoms with Crippen molar-refractivity contribution in [1.29, 1.82) is 0 Å². The highest BCUT2D eigenvalue weighted by Crippen LogP contribution is 2.21. The Hall–Kier alpha value is -2.22. The molecule has 0 fully saturated rings. The smallest absolute Gasteiger partial charge is 0.230 e. The molecule has 1 aromatic carbocycles. The number of primary amides is 1. The van der Waals surface area contributed by atoms with E-state index >= 15 is 0 Å². The van der Waals surface area contributed by atoms with Gasteiger partial charge in [-0.25, -0.2) is 4.68 Å². The third-order valence-electron chi connectivity index (χ3n) is 2.94. The SMILES string of the molecule is COc1ccc(Cc2nnc(S[C@@H](C)C(N)=O)n2N)cc1. The largest absolute Gasteiger partial charge is 0.497 e.